The minimum Gasteiger partial charge on any atom is -0.488 e. The van der Waals surface area contributed by atoms with E-state index in [0.717, 1.165) is 6.07 Å². The number of hydrogen-bond acceptors (Lipinski definition) is 5. The van der Waals surface area contributed by atoms with E-state index in [9.17, 15) is 17.6 Å². The summed E-state index contributed by atoms with van der Waals surface area (Å²) in [6, 6.07) is 7.54. The molecular formula is C20H24ClFN2O5S. The number of rotatable bonds is 9. The van der Waals surface area contributed by atoms with Crippen LogP contribution in [0.3, 0.4) is 0 Å². The van der Waals surface area contributed by atoms with Crippen molar-refractivity contribution in [2.45, 2.75) is 24.8 Å². The molecule has 0 aliphatic rings. The van der Waals surface area contributed by atoms with Crippen molar-refractivity contribution in [3.8, 4) is 5.75 Å². The third kappa shape index (κ3) is 5.69. The summed E-state index contributed by atoms with van der Waals surface area (Å²) in [7, 11) is -0.843. The molecule has 0 saturated carbocycles. The van der Waals surface area contributed by atoms with Crippen LogP contribution in [0.15, 0.2) is 41.3 Å². The Hall–Kier alpha value is -2.20. The minimum absolute atomic E-state index is 0.0212. The molecule has 0 spiro atoms. The fourth-order valence-electron chi connectivity index (χ4n) is 2.41. The van der Waals surface area contributed by atoms with Crippen molar-refractivity contribution < 1.29 is 27.1 Å². The van der Waals surface area contributed by atoms with E-state index >= 15 is 0 Å². The van der Waals surface area contributed by atoms with Crippen molar-refractivity contribution in [3.63, 3.8) is 0 Å². The van der Waals surface area contributed by atoms with Crippen LogP contribution in [-0.2, 0) is 14.8 Å². The second kappa shape index (κ2) is 10.2. The number of ether oxygens (including phenoxy) is 2. The predicted molar refractivity (Wildman–Crippen MR) is 113 cm³/mol. The minimum atomic E-state index is -3.80. The first-order valence-corrected chi connectivity index (χ1v) is 10.9. The number of anilines is 1. The number of halogens is 2. The molecule has 0 aromatic heterocycles. The molecule has 0 saturated heterocycles. The Morgan fingerprint density at radius 3 is 2.50 bits per heavy atom. The first-order chi connectivity index (χ1) is 14.1. The Morgan fingerprint density at radius 1 is 1.20 bits per heavy atom. The van der Waals surface area contributed by atoms with E-state index in [1.807, 2.05) is 0 Å². The summed E-state index contributed by atoms with van der Waals surface area (Å²) in [6.07, 6.45) is 0. The first kappa shape index (κ1) is 24.1. The lowest BCUT2D eigenvalue weighted by atomic mass is 10.2. The fourth-order valence-corrected chi connectivity index (χ4v) is 4.01. The molecule has 7 nitrogen and oxygen atoms in total. The van der Waals surface area contributed by atoms with Gasteiger partial charge in [-0.15, -0.1) is 0 Å². The molecule has 0 aliphatic carbocycles. The molecule has 1 N–H and O–H groups in total. The van der Waals surface area contributed by atoms with E-state index < -0.39 is 21.7 Å². The van der Waals surface area contributed by atoms with Crippen LogP contribution in [0.5, 0.6) is 5.75 Å². The third-order valence-electron chi connectivity index (χ3n) is 4.32. The van der Waals surface area contributed by atoms with E-state index in [-0.39, 0.29) is 39.6 Å². The number of nitrogens with zero attached hydrogens (tertiary/aromatic N) is 1. The Morgan fingerprint density at radius 2 is 1.90 bits per heavy atom. The maximum Gasteiger partial charge on any atom is 0.257 e. The van der Waals surface area contributed by atoms with Gasteiger partial charge in [0.15, 0.2) is 11.6 Å². The maximum atomic E-state index is 14.2. The van der Waals surface area contributed by atoms with Crippen molar-refractivity contribution >= 4 is 33.2 Å². The number of hydrogen-bond donors (Lipinski definition) is 1. The molecule has 2 aromatic rings. The average molecular weight is 459 g/mol. The van der Waals surface area contributed by atoms with Gasteiger partial charge in [0.25, 0.3) is 5.91 Å². The second-order valence-corrected chi connectivity index (χ2v) is 9.10. The van der Waals surface area contributed by atoms with E-state index in [1.165, 1.54) is 48.8 Å². The number of carbonyl (C=O) groups is 1. The normalized spacial score (nSPS) is 11.7. The van der Waals surface area contributed by atoms with Crippen LogP contribution in [0.2, 0.25) is 5.02 Å². The Labute approximate surface area is 180 Å². The van der Waals surface area contributed by atoms with Crippen LogP contribution in [0, 0.1) is 5.82 Å². The summed E-state index contributed by atoms with van der Waals surface area (Å²) in [5.74, 6) is -1.31. The van der Waals surface area contributed by atoms with Crippen molar-refractivity contribution in [2.75, 3.05) is 32.7 Å². The van der Waals surface area contributed by atoms with Gasteiger partial charge in [-0.25, -0.2) is 12.8 Å². The zero-order valence-corrected chi connectivity index (χ0v) is 18.7. The van der Waals surface area contributed by atoms with E-state index in [1.54, 1.807) is 13.8 Å². The monoisotopic (exact) mass is 458 g/mol. The summed E-state index contributed by atoms with van der Waals surface area (Å²) in [4.78, 5) is 12.6. The molecule has 0 radical (unpaired) electrons. The van der Waals surface area contributed by atoms with E-state index in [0.29, 0.717) is 6.61 Å². The van der Waals surface area contributed by atoms with Crippen molar-refractivity contribution in [1.29, 1.82) is 0 Å². The number of carbonyl (C=O) groups excluding carboxylic acids is 1. The second-order valence-electron chi connectivity index (χ2n) is 6.70. The predicted octanol–water partition coefficient (Wildman–Crippen LogP) is 3.79. The van der Waals surface area contributed by atoms with Gasteiger partial charge in [-0.05, 0) is 44.2 Å². The highest BCUT2D eigenvalue weighted by Gasteiger charge is 2.25. The molecule has 2 aromatic carbocycles. The van der Waals surface area contributed by atoms with Crippen LogP contribution < -0.4 is 10.1 Å². The lowest BCUT2D eigenvalue weighted by Gasteiger charge is -2.21. The largest absolute Gasteiger partial charge is 0.488 e. The lowest BCUT2D eigenvalue weighted by Crippen LogP contribution is -2.33. The summed E-state index contributed by atoms with van der Waals surface area (Å²) >= 11 is 6.10. The van der Waals surface area contributed by atoms with Crippen molar-refractivity contribution in [3.05, 3.63) is 52.8 Å². The van der Waals surface area contributed by atoms with E-state index in [4.69, 9.17) is 21.1 Å². The summed E-state index contributed by atoms with van der Waals surface area (Å²) in [5.41, 5.74) is 0.121. The van der Waals surface area contributed by atoms with Gasteiger partial charge in [-0.2, -0.15) is 4.31 Å². The number of nitrogens with one attached hydrogen (secondary N) is 1. The highest BCUT2D eigenvalue weighted by atomic mass is 35.5. The molecule has 0 heterocycles. The van der Waals surface area contributed by atoms with Gasteiger partial charge in [0, 0.05) is 32.0 Å². The molecule has 164 valence electrons. The summed E-state index contributed by atoms with van der Waals surface area (Å²) < 4.78 is 50.8. The van der Waals surface area contributed by atoms with Crippen LogP contribution in [0.25, 0.3) is 0 Å². The van der Waals surface area contributed by atoms with Gasteiger partial charge in [-0.3, -0.25) is 4.79 Å². The molecule has 0 aliphatic heterocycles. The molecule has 0 fully saturated rings. The topological polar surface area (TPSA) is 84.9 Å². The molecule has 1 amide bonds. The van der Waals surface area contributed by atoms with Gasteiger partial charge in [0.05, 0.1) is 22.1 Å². The quantitative estimate of drug-likeness (QED) is 0.578. The van der Waals surface area contributed by atoms with Crippen molar-refractivity contribution in [2.24, 2.45) is 0 Å². The Bertz CT molecular complexity index is 1010. The highest BCUT2D eigenvalue weighted by molar-refractivity contribution is 7.89. The number of methoxy groups -OCH3 is 1. The Balaban J connectivity index is 2.24. The molecule has 0 atom stereocenters. The van der Waals surface area contributed by atoms with E-state index in [2.05, 4.69) is 5.32 Å². The Kier molecular flexibility index (Phi) is 8.19. The van der Waals surface area contributed by atoms with Crippen LogP contribution in [0.1, 0.15) is 24.2 Å². The average Bonchev–Trinajstić information content (AvgIpc) is 2.69. The van der Waals surface area contributed by atoms with Gasteiger partial charge in [0.1, 0.15) is 6.61 Å². The smallest absolute Gasteiger partial charge is 0.257 e. The van der Waals surface area contributed by atoms with Crippen LogP contribution in [0.4, 0.5) is 10.1 Å². The van der Waals surface area contributed by atoms with Gasteiger partial charge >= 0.3 is 0 Å². The fraction of sp³-hybridized carbons (Fsp3) is 0.350. The van der Waals surface area contributed by atoms with Gasteiger partial charge in [0.2, 0.25) is 10.0 Å². The summed E-state index contributed by atoms with van der Waals surface area (Å²) in [6.45, 7) is 3.96. The molecule has 2 rings (SSSR count). The highest BCUT2D eigenvalue weighted by Crippen LogP contribution is 2.26. The van der Waals surface area contributed by atoms with Crippen molar-refractivity contribution in [1.82, 2.24) is 4.31 Å². The molecule has 10 heteroatoms. The first-order valence-electron chi connectivity index (χ1n) is 9.08. The maximum absolute atomic E-state index is 14.2. The molecule has 30 heavy (non-hydrogen) atoms. The third-order valence-corrected chi connectivity index (χ3v) is 6.68. The number of amides is 1. The van der Waals surface area contributed by atoms with Gasteiger partial charge < -0.3 is 14.8 Å². The number of benzene rings is 2. The standard InChI is InChI=1S/C20H24ClFN2O5S/c1-13(2)24(3)30(26,27)15-6-7-17(21)16(12-15)20(25)23-14-5-8-19(18(22)11-14)29-10-9-28-4/h5-8,11-13H,9-10H2,1-4H3,(H,23,25). The molecular weight excluding hydrogens is 435 g/mol. The van der Waals surface area contributed by atoms with Crippen LogP contribution in [-0.4, -0.2) is 52.0 Å². The zero-order valence-electron chi connectivity index (χ0n) is 17.1. The SMILES string of the molecule is COCCOc1ccc(NC(=O)c2cc(S(=O)(=O)N(C)C(C)C)ccc2Cl)cc1F. The summed E-state index contributed by atoms with van der Waals surface area (Å²) in [5, 5.41) is 2.58. The van der Waals surface area contributed by atoms with Gasteiger partial charge in [-0.1, -0.05) is 11.6 Å². The molecule has 0 unspecified atom stereocenters. The molecule has 0 bridgehead atoms. The zero-order chi connectivity index (χ0) is 22.5. The number of sulfonamides is 1. The van der Waals surface area contributed by atoms with Crippen LogP contribution >= 0.6 is 11.6 Å². The lowest BCUT2D eigenvalue weighted by molar-refractivity contribution is 0.102.